The van der Waals surface area contributed by atoms with Crippen molar-refractivity contribution in [3.63, 3.8) is 0 Å². The van der Waals surface area contributed by atoms with Gasteiger partial charge in [-0.2, -0.15) is 5.10 Å². The first-order chi connectivity index (χ1) is 15.4. The molecule has 2 N–H and O–H groups in total. The molecule has 2 amide bonds. The Morgan fingerprint density at radius 3 is 2.59 bits per heavy atom. The van der Waals surface area contributed by atoms with E-state index >= 15 is 0 Å². The molecule has 9 heteroatoms. The van der Waals surface area contributed by atoms with Gasteiger partial charge in [-0.15, -0.1) is 0 Å². The molecule has 1 aliphatic heterocycles. The van der Waals surface area contributed by atoms with Crippen LogP contribution in [0.3, 0.4) is 0 Å². The largest absolute Gasteiger partial charge is 0.465 e. The second-order valence-electron chi connectivity index (χ2n) is 7.28. The lowest BCUT2D eigenvalue weighted by Crippen LogP contribution is -2.24. The Labute approximate surface area is 183 Å². The molecule has 164 valence electrons. The van der Waals surface area contributed by atoms with Crippen LogP contribution in [0.4, 0.5) is 15.9 Å². The average Bonchev–Trinajstić information content (AvgIpc) is 3.29. The SMILES string of the molecule is CCc1c(-c2ccc(F)cc2)nn2c1NC(=O)C2CC(=O)Nc1ccccc1C(=O)OC. The van der Waals surface area contributed by atoms with E-state index in [2.05, 4.69) is 15.7 Å². The van der Waals surface area contributed by atoms with E-state index in [9.17, 15) is 18.8 Å². The summed E-state index contributed by atoms with van der Waals surface area (Å²) in [6, 6.07) is 11.6. The van der Waals surface area contributed by atoms with Crippen molar-refractivity contribution < 1.29 is 23.5 Å². The van der Waals surface area contributed by atoms with Crippen LogP contribution in [0.2, 0.25) is 0 Å². The molecule has 0 saturated heterocycles. The Morgan fingerprint density at radius 2 is 1.91 bits per heavy atom. The third-order valence-electron chi connectivity index (χ3n) is 5.30. The Bertz CT molecular complexity index is 1200. The van der Waals surface area contributed by atoms with Crippen molar-refractivity contribution in [2.24, 2.45) is 0 Å². The third kappa shape index (κ3) is 3.84. The number of rotatable bonds is 6. The van der Waals surface area contributed by atoms with Crippen LogP contribution in [0.25, 0.3) is 11.3 Å². The van der Waals surface area contributed by atoms with E-state index in [1.54, 1.807) is 30.3 Å². The van der Waals surface area contributed by atoms with Gasteiger partial charge in [0, 0.05) is 11.1 Å². The fraction of sp³-hybridized carbons (Fsp3) is 0.217. The predicted octanol–water partition coefficient (Wildman–Crippen LogP) is 3.56. The maximum Gasteiger partial charge on any atom is 0.339 e. The number of methoxy groups -OCH3 is 1. The van der Waals surface area contributed by atoms with E-state index in [4.69, 9.17) is 4.74 Å². The van der Waals surface area contributed by atoms with Gasteiger partial charge in [-0.25, -0.2) is 13.9 Å². The average molecular weight is 436 g/mol. The predicted molar refractivity (Wildman–Crippen MR) is 116 cm³/mol. The highest BCUT2D eigenvalue weighted by atomic mass is 19.1. The van der Waals surface area contributed by atoms with Crippen molar-refractivity contribution in [1.82, 2.24) is 9.78 Å². The first kappa shape index (κ1) is 21.2. The minimum atomic E-state index is -0.852. The molecule has 3 aromatic rings. The summed E-state index contributed by atoms with van der Waals surface area (Å²) in [5, 5.41) is 10.1. The quantitative estimate of drug-likeness (QED) is 0.576. The molecule has 0 bridgehead atoms. The van der Waals surface area contributed by atoms with Gasteiger partial charge in [0.15, 0.2) is 0 Å². The van der Waals surface area contributed by atoms with Crippen LogP contribution in [-0.2, 0) is 20.7 Å². The molecule has 2 heterocycles. The Hall–Kier alpha value is -4.01. The molecule has 0 aliphatic carbocycles. The summed E-state index contributed by atoms with van der Waals surface area (Å²) in [7, 11) is 1.26. The molecule has 1 unspecified atom stereocenters. The van der Waals surface area contributed by atoms with Gasteiger partial charge in [0.05, 0.1) is 30.5 Å². The number of hydrogen-bond acceptors (Lipinski definition) is 5. The van der Waals surface area contributed by atoms with Gasteiger partial charge in [-0.3, -0.25) is 9.59 Å². The van der Waals surface area contributed by atoms with Crippen molar-refractivity contribution in [3.05, 3.63) is 65.5 Å². The van der Waals surface area contributed by atoms with Gasteiger partial charge in [0.2, 0.25) is 5.91 Å². The highest BCUT2D eigenvalue weighted by Gasteiger charge is 2.36. The van der Waals surface area contributed by atoms with Crippen LogP contribution in [0, 0.1) is 5.82 Å². The monoisotopic (exact) mass is 436 g/mol. The minimum Gasteiger partial charge on any atom is -0.465 e. The van der Waals surface area contributed by atoms with Crippen molar-refractivity contribution in [1.29, 1.82) is 0 Å². The Balaban J connectivity index is 1.59. The zero-order valence-corrected chi connectivity index (χ0v) is 17.5. The molecule has 1 atom stereocenters. The third-order valence-corrected chi connectivity index (χ3v) is 5.30. The summed E-state index contributed by atoms with van der Waals surface area (Å²) in [5.74, 6) is -1.20. The van der Waals surface area contributed by atoms with Gasteiger partial charge in [-0.1, -0.05) is 19.1 Å². The van der Waals surface area contributed by atoms with Crippen molar-refractivity contribution >= 4 is 29.3 Å². The van der Waals surface area contributed by atoms with E-state index in [0.29, 0.717) is 23.6 Å². The van der Waals surface area contributed by atoms with Crippen LogP contribution >= 0.6 is 0 Å². The summed E-state index contributed by atoms with van der Waals surface area (Å²) >= 11 is 0. The zero-order valence-electron chi connectivity index (χ0n) is 17.5. The molecule has 4 rings (SSSR count). The summed E-state index contributed by atoms with van der Waals surface area (Å²) in [4.78, 5) is 37.2. The molecule has 2 aromatic carbocycles. The van der Waals surface area contributed by atoms with Crippen molar-refractivity contribution in [2.45, 2.75) is 25.8 Å². The smallest absolute Gasteiger partial charge is 0.339 e. The topological polar surface area (TPSA) is 102 Å². The number of nitrogens with one attached hydrogen (secondary N) is 2. The van der Waals surface area contributed by atoms with E-state index < -0.39 is 17.9 Å². The fourth-order valence-electron chi connectivity index (χ4n) is 3.75. The minimum absolute atomic E-state index is 0.179. The van der Waals surface area contributed by atoms with Crippen LogP contribution in [0.5, 0.6) is 0 Å². The Kier molecular flexibility index (Phi) is 5.72. The van der Waals surface area contributed by atoms with E-state index in [1.807, 2.05) is 6.92 Å². The lowest BCUT2D eigenvalue weighted by molar-refractivity contribution is -0.123. The summed E-state index contributed by atoms with van der Waals surface area (Å²) < 4.78 is 19.6. The fourth-order valence-corrected chi connectivity index (χ4v) is 3.75. The van der Waals surface area contributed by atoms with Gasteiger partial charge in [0.1, 0.15) is 17.7 Å². The molecule has 8 nitrogen and oxygen atoms in total. The maximum atomic E-state index is 13.3. The van der Waals surface area contributed by atoms with Gasteiger partial charge >= 0.3 is 5.97 Å². The number of benzene rings is 2. The second kappa shape index (κ2) is 8.62. The number of ether oxygens (including phenoxy) is 1. The standard InChI is InChI=1S/C23H21FN4O4/c1-3-15-20(13-8-10-14(24)11-9-13)27-28-18(22(30)26-21(15)28)12-19(29)25-17-7-5-4-6-16(17)23(31)32-2/h4-11,18H,3,12H2,1-2H3,(H,25,29)(H,26,30). The molecule has 32 heavy (non-hydrogen) atoms. The van der Waals surface area contributed by atoms with Crippen LogP contribution in [0.1, 0.15) is 35.3 Å². The lowest BCUT2D eigenvalue weighted by atomic mass is 10.1. The first-order valence-electron chi connectivity index (χ1n) is 10.1. The summed E-state index contributed by atoms with van der Waals surface area (Å²) in [6.45, 7) is 1.93. The number of fused-ring (bicyclic) bond motifs is 1. The van der Waals surface area contributed by atoms with E-state index in [0.717, 1.165) is 11.1 Å². The second-order valence-corrected chi connectivity index (χ2v) is 7.28. The van der Waals surface area contributed by atoms with Crippen molar-refractivity contribution in [3.8, 4) is 11.3 Å². The number of para-hydroxylation sites is 1. The highest BCUT2D eigenvalue weighted by molar-refractivity contribution is 6.05. The number of nitrogens with zero attached hydrogens (tertiary/aromatic N) is 2. The van der Waals surface area contributed by atoms with Gasteiger partial charge < -0.3 is 15.4 Å². The molecule has 0 radical (unpaired) electrons. The number of esters is 1. The maximum absolute atomic E-state index is 13.3. The van der Waals surface area contributed by atoms with Crippen LogP contribution in [-0.4, -0.2) is 34.7 Å². The number of carbonyl (C=O) groups excluding carboxylic acids is 3. The number of hydrogen-bond donors (Lipinski definition) is 2. The molecule has 1 aromatic heterocycles. The molecule has 0 fully saturated rings. The highest BCUT2D eigenvalue weighted by Crippen LogP contribution is 2.36. The van der Waals surface area contributed by atoms with Crippen LogP contribution < -0.4 is 10.6 Å². The number of amides is 2. The Morgan fingerprint density at radius 1 is 1.19 bits per heavy atom. The molecular formula is C23H21FN4O4. The normalized spacial score (nSPS) is 14.6. The number of anilines is 2. The van der Waals surface area contributed by atoms with Gasteiger partial charge in [-0.05, 0) is 42.8 Å². The number of halogens is 1. The van der Waals surface area contributed by atoms with Crippen LogP contribution in [0.15, 0.2) is 48.5 Å². The van der Waals surface area contributed by atoms with Crippen molar-refractivity contribution in [2.75, 3.05) is 17.7 Å². The lowest BCUT2D eigenvalue weighted by Gasteiger charge is -2.12. The summed E-state index contributed by atoms with van der Waals surface area (Å²) in [5.41, 5.74) is 2.66. The first-order valence-corrected chi connectivity index (χ1v) is 10.1. The van der Waals surface area contributed by atoms with E-state index in [-0.39, 0.29) is 23.7 Å². The molecule has 1 aliphatic rings. The zero-order chi connectivity index (χ0) is 22.8. The molecular weight excluding hydrogens is 415 g/mol. The number of aromatic nitrogens is 2. The molecule has 0 saturated carbocycles. The van der Waals surface area contributed by atoms with E-state index in [1.165, 1.54) is 30.0 Å². The number of carbonyl (C=O) groups is 3. The van der Waals surface area contributed by atoms with Gasteiger partial charge in [0.25, 0.3) is 5.91 Å². The summed E-state index contributed by atoms with van der Waals surface area (Å²) in [6.07, 6.45) is 0.412. The molecule has 0 spiro atoms.